The van der Waals surface area contributed by atoms with Gasteiger partial charge in [0.25, 0.3) is 0 Å². The fraction of sp³-hybridized carbons (Fsp3) is 1.00. The SMILES string of the molecule is CCC(CN)(NC1CCC(C)C1)C1CC1. The topological polar surface area (TPSA) is 38.0 Å². The van der Waals surface area contributed by atoms with Gasteiger partial charge in [-0.3, -0.25) is 0 Å². The standard InChI is InChI=1S/C13H26N2/c1-3-13(9-14,11-5-6-11)15-12-7-4-10(2)8-12/h10-12,15H,3-9,14H2,1-2H3. The van der Waals surface area contributed by atoms with Crippen LogP contribution in [-0.4, -0.2) is 18.1 Å². The molecule has 2 rings (SSSR count). The summed E-state index contributed by atoms with van der Waals surface area (Å²) in [6, 6.07) is 0.740. The molecule has 0 bridgehead atoms. The van der Waals surface area contributed by atoms with Crippen molar-refractivity contribution < 1.29 is 0 Å². The van der Waals surface area contributed by atoms with Crippen molar-refractivity contribution in [2.45, 2.75) is 64.0 Å². The maximum absolute atomic E-state index is 6.01. The van der Waals surface area contributed by atoms with Crippen molar-refractivity contribution in [1.29, 1.82) is 0 Å². The minimum atomic E-state index is 0.273. The largest absolute Gasteiger partial charge is 0.329 e. The normalized spacial score (nSPS) is 35.4. The van der Waals surface area contributed by atoms with E-state index in [1.165, 1.54) is 38.5 Å². The van der Waals surface area contributed by atoms with Crippen LogP contribution in [0.1, 0.15) is 52.4 Å². The molecule has 0 saturated heterocycles. The van der Waals surface area contributed by atoms with E-state index < -0.39 is 0 Å². The smallest absolute Gasteiger partial charge is 0.0332 e. The molecule has 2 saturated carbocycles. The van der Waals surface area contributed by atoms with Gasteiger partial charge in [0.2, 0.25) is 0 Å². The van der Waals surface area contributed by atoms with E-state index in [-0.39, 0.29) is 5.54 Å². The highest BCUT2D eigenvalue weighted by atomic mass is 15.1. The summed E-state index contributed by atoms with van der Waals surface area (Å²) in [7, 11) is 0. The van der Waals surface area contributed by atoms with E-state index in [2.05, 4.69) is 19.2 Å². The van der Waals surface area contributed by atoms with E-state index in [4.69, 9.17) is 5.73 Å². The quantitative estimate of drug-likeness (QED) is 0.730. The number of rotatable bonds is 5. The van der Waals surface area contributed by atoms with Crippen LogP contribution in [0.2, 0.25) is 0 Å². The van der Waals surface area contributed by atoms with Crippen molar-refractivity contribution >= 4 is 0 Å². The highest BCUT2D eigenvalue weighted by Crippen LogP contribution is 2.42. The molecule has 0 aromatic carbocycles. The second kappa shape index (κ2) is 4.42. The van der Waals surface area contributed by atoms with Crippen LogP contribution in [0.5, 0.6) is 0 Å². The van der Waals surface area contributed by atoms with Crippen LogP contribution in [-0.2, 0) is 0 Å². The molecule has 2 nitrogen and oxygen atoms in total. The maximum atomic E-state index is 6.01. The lowest BCUT2D eigenvalue weighted by Crippen LogP contribution is -2.56. The van der Waals surface area contributed by atoms with Crippen molar-refractivity contribution in [3.8, 4) is 0 Å². The highest BCUT2D eigenvalue weighted by Gasteiger charge is 2.44. The Labute approximate surface area is 94.0 Å². The van der Waals surface area contributed by atoms with Gasteiger partial charge in [-0.2, -0.15) is 0 Å². The Morgan fingerprint density at radius 2 is 2.00 bits per heavy atom. The maximum Gasteiger partial charge on any atom is 0.0332 e. The summed E-state index contributed by atoms with van der Waals surface area (Å²) >= 11 is 0. The van der Waals surface area contributed by atoms with E-state index in [9.17, 15) is 0 Å². The van der Waals surface area contributed by atoms with Crippen molar-refractivity contribution in [2.75, 3.05) is 6.54 Å². The summed E-state index contributed by atoms with van der Waals surface area (Å²) in [6.07, 6.45) is 8.08. The summed E-state index contributed by atoms with van der Waals surface area (Å²) in [6.45, 7) is 5.48. The fourth-order valence-corrected chi connectivity index (χ4v) is 3.26. The minimum Gasteiger partial charge on any atom is -0.329 e. The predicted octanol–water partition coefficient (Wildman–Crippen LogP) is 2.28. The molecule has 2 aliphatic rings. The van der Waals surface area contributed by atoms with Gasteiger partial charge >= 0.3 is 0 Å². The van der Waals surface area contributed by atoms with Crippen molar-refractivity contribution in [3.63, 3.8) is 0 Å². The Balaban J connectivity index is 1.93. The first-order chi connectivity index (χ1) is 7.20. The molecule has 88 valence electrons. The van der Waals surface area contributed by atoms with Crippen LogP contribution in [0.3, 0.4) is 0 Å². The molecule has 3 unspecified atom stereocenters. The average Bonchev–Trinajstić information content (AvgIpc) is 3.01. The zero-order chi connectivity index (χ0) is 10.9. The molecule has 0 aliphatic heterocycles. The first-order valence-electron chi connectivity index (χ1n) is 6.68. The highest BCUT2D eigenvalue weighted by molar-refractivity contribution is 5.03. The van der Waals surface area contributed by atoms with Gasteiger partial charge in [-0.05, 0) is 50.4 Å². The monoisotopic (exact) mass is 210 g/mol. The van der Waals surface area contributed by atoms with Crippen molar-refractivity contribution in [1.82, 2.24) is 5.32 Å². The number of hydrogen-bond acceptors (Lipinski definition) is 2. The summed E-state index contributed by atoms with van der Waals surface area (Å²) in [5.74, 6) is 1.78. The van der Waals surface area contributed by atoms with Gasteiger partial charge in [0.15, 0.2) is 0 Å². The Morgan fingerprint density at radius 3 is 2.40 bits per heavy atom. The molecule has 2 heteroatoms. The summed E-state index contributed by atoms with van der Waals surface area (Å²) in [4.78, 5) is 0. The van der Waals surface area contributed by atoms with Gasteiger partial charge in [0.1, 0.15) is 0 Å². The average molecular weight is 210 g/mol. The van der Waals surface area contributed by atoms with Crippen molar-refractivity contribution in [2.24, 2.45) is 17.6 Å². The third kappa shape index (κ3) is 2.36. The summed E-state index contributed by atoms with van der Waals surface area (Å²) in [5.41, 5.74) is 6.28. The second-order valence-corrected chi connectivity index (χ2v) is 5.75. The van der Waals surface area contributed by atoms with Crippen LogP contribution in [0.15, 0.2) is 0 Å². The molecule has 2 fully saturated rings. The van der Waals surface area contributed by atoms with Crippen LogP contribution in [0.25, 0.3) is 0 Å². The van der Waals surface area contributed by atoms with Crippen LogP contribution >= 0.6 is 0 Å². The molecular formula is C13H26N2. The number of nitrogens with two attached hydrogens (primary N) is 1. The Bertz CT molecular complexity index is 207. The van der Waals surface area contributed by atoms with Gasteiger partial charge in [0, 0.05) is 18.1 Å². The molecular weight excluding hydrogens is 184 g/mol. The Hall–Kier alpha value is -0.0800. The first-order valence-corrected chi connectivity index (χ1v) is 6.68. The molecule has 0 amide bonds. The molecule has 15 heavy (non-hydrogen) atoms. The molecule has 3 atom stereocenters. The van der Waals surface area contributed by atoms with Gasteiger partial charge in [-0.25, -0.2) is 0 Å². The van der Waals surface area contributed by atoms with Gasteiger partial charge in [-0.1, -0.05) is 13.8 Å². The van der Waals surface area contributed by atoms with E-state index >= 15 is 0 Å². The van der Waals surface area contributed by atoms with Crippen LogP contribution in [0, 0.1) is 11.8 Å². The molecule has 0 aromatic heterocycles. The number of hydrogen-bond donors (Lipinski definition) is 2. The lowest BCUT2D eigenvalue weighted by atomic mass is 9.89. The van der Waals surface area contributed by atoms with Crippen molar-refractivity contribution in [3.05, 3.63) is 0 Å². The summed E-state index contributed by atoms with van der Waals surface area (Å²) in [5, 5.41) is 3.90. The third-order valence-electron chi connectivity index (χ3n) is 4.54. The van der Waals surface area contributed by atoms with Crippen LogP contribution in [0.4, 0.5) is 0 Å². The third-order valence-corrected chi connectivity index (χ3v) is 4.54. The van der Waals surface area contributed by atoms with E-state index in [1.54, 1.807) is 0 Å². The Kier molecular flexibility index (Phi) is 3.36. The van der Waals surface area contributed by atoms with Crippen LogP contribution < -0.4 is 11.1 Å². The molecule has 0 aromatic rings. The molecule has 3 N–H and O–H groups in total. The number of nitrogens with one attached hydrogen (secondary N) is 1. The second-order valence-electron chi connectivity index (χ2n) is 5.75. The predicted molar refractivity (Wildman–Crippen MR) is 64.7 cm³/mol. The van der Waals surface area contributed by atoms with E-state index in [0.717, 1.165) is 24.4 Å². The summed E-state index contributed by atoms with van der Waals surface area (Å²) < 4.78 is 0. The van der Waals surface area contributed by atoms with E-state index in [0.29, 0.717) is 0 Å². The fourth-order valence-electron chi connectivity index (χ4n) is 3.26. The zero-order valence-electron chi connectivity index (χ0n) is 10.3. The Morgan fingerprint density at radius 1 is 1.27 bits per heavy atom. The lowest BCUT2D eigenvalue weighted by Gasteiger charge is -2.36. The lowest BCUT2D eigenvalue weighted by molar-refractivity contribution is 0.244. The molecule has 0 heterocycles. The molecule has 0 radical (unpaired) electrons. The molecule has 0 spiro atoms. The van der Waals surface area contributed by atoms with Gasteiger partial charge in [-0.15, -0.1) is 0 Å². The molecule has 2 aliphatic carbocycles. The van der Waals surface area contributed by atoms with E-state index in [1.807, 2.05) is 0 Å². The zero-order valence-corrected chi connectivity index (χ0v) is 10.3. The first kappa shape index (κ1) is 11.4. The van der Waals surface area contributed by atoms with Gasteiger partial charge in [0.05, 0.1) is 0 Å². The van der Waals surface area contributed by atoms with Gasteiger partial charge < -0.3 is 11.1 Å². The minimum absolute atomic E-state index is 0.273.